The Hall–Kier alpha value is -2.25. The van der Waals surface area contributed by atoms with Crippen molar-refractivity contribution in [2.24, 2.45) is 0 Å². The number of aromatic nitrogens is 2. The van der Waals surface area contributed by atoms with Crippen LogP contribution in [0.25, 0.3) is 0 Å². The fraction of sp³-hybridized carbons (Fsp3) is 0.474. The summed E-state index contributed by atoms with van der Waals surface area (Å²) in [5, 5.41) is 14.1. The van der Waals surface area contributed by atoms with Crippen molar-refractivity contribution < 1.29 is 14.2 Å². The van der Waals surface area contributed by atoms with Crippen molar-refractivity contribution >= 4 is 5.82 Å². The molecule has 1 fully saturated rings. The molecule has 0 spiro atoms. The highest BCUT2D eigenvalue weighted by atomic mass is 19.1. The van der Waals surface area contributed by atoms with Crippen molar-refractivity contribution in [3.8, 4) is 5.75 Å². The number of nitrogens with one attached hydrogen (secondary N) is 1. The lowest BCUT2D eigenvalue weighted by atomic mass is 10.0. The first-order chi connectivity index (χ1) is 12.6. The largest absolute Gasteiger partial charge is 0.491 e. The van der Waals surface area contributed by atoms with Crippen LogP contribution in [0, 0.1) is 6.92 Å². The van der Waals surface area contributed by atoms with Gasteiger partial charge in [0, 0.05) is 37.9 Å². The molecule has 1 atom stereocenters. The predicted octanol–water partition coefficient (Wildman–Crippen LogP) is 1.86. The van der Waals surface area contributed by atoms with Gasteiger partial charge in [0.2, 0.25) is 0 Å². The first-order valence-electron chi connectivity index (χ1n) is 8.82. The van der Waals surface area contributed by atoms with Gasteiger partial charge in [-0.25, -0.2) is 14.4 Å². The van der Waals surface area contributed by atoms with Gasteiger partial charge in [0.1, 0.15) is 31.2 Å². The van der Waals surface area contributed by atoms with Gasteiger partial charge in [-0.1, -0.05) is 12.1 Å². The van der Waals surface area contributed by atoms with E-state index in [1.807, 2.05) is 37.3 Å². The summed E-state index contributed by atoms with van der Waals surface area (Å²) in [5.41, 5.74) is 1.23. The number of hydrogen-bond acceptors (Lipinski definition) is 6. The number of alkyl halides is 1. The Morgan fingerprint density at radius 1 is 1.31 bits per heavy atom. The van der Waals surface area contributed by atoms with Crippen LogP contribution in [0.2, 0.25) is 0 Å². The number of rotatable bonds is 8. The average Bonchev–Trinajstić information content (AvgIpc) is 3.03. The second-order valence-corrected chi connectivity index (χ2v) is 6.70. The van der Waals surface area contributed by atoms with Crippen LogP contribution in [-0.2, 0) is 6.54 Å². The molecule has 0 bridgehead atoms. The Kier molecular flexibility index (Phi) is 6.00. The SMILES string of the molecule is Cc1cc(N2CC[C@](O)(CNCc3ccc(OCCF)cc3)C2)ncn1. The Bertz CT molecular complexity index is 713. The van der Waals surface area contributed by atoms with Crippen molar-refractivity contribution in [3.63, 3.8) is 0 Å². The van der Waals surface area contributed by atoms with Crippen molar-refractivity contribution in [3.05, 3.63) is 47.9 Å². The first-order valence-corrected chi connectivity index (χ1v) is 8.82. The van der Waals surface area contributed by atoms with E-state index >= 15 is 0 Å². The summed E-state index contributed by atoms with van der Waals surface area (Å²) in [7, 11) is 0. The summed E-state index contributed by atoms with van der Waals surface area (Å²) in [5.74, 6) is 1.52. The third kappa shape index (κ3) is 4.89. The predicted molar refractivity (Wildman–Crippen MR) is 98.2 cm³/mol. The molecule has 26 heavy (non-hydrogen) atoms. The van der Waals surface area contributed by atoms with E-state index in [-0.39, 0.29) is 6.61 Å². The van der Waals surface area contributed by atoms with E-state index < -0.39 is 12.3 Å². The zero-order valence-corrected chi connectivity index (χ0v) is 15.0. The van der Waals surface area contributed by atoms with Crippen molar-refractivity contribution in [2.45, 2.75) is 25.5 Å². The van der Waals surface area contributed by atoms with Crippen LogP contribution < -0.4 is 15.0 Å². The van der Waals surface area contributed by atoms with Crippen LogP contribution in [0.15, 0.2) is 36.7 Å². The van der Waals surface area contributed by atoms with Gasteiger partial charge in [-0.05, 0) is 31.0 Å². The van der Waals surface area contributed by atoms with E-state index in [2.05, 4.69) is 20.2 Å². The number of ether oxygens (including phenoxy) is 1. The van der Waals surface area contributed by atoms with E-state index in [4.69, 9.17) is 4.74 Å². The lowest BCUT2D eigenvalue weighted by Crippen LogP contribution is -2.43. The third-order valence-electron chi connectivity index (χ3n) is 4.50. The van der Waals surface area contributed by atoms with Gasteiger partial charge >= 0.3 is 0 Å². The minimum Gasteiger partial charge on any atom is -0.491 e. The number of halogens is 1. The summed E-state index contributed by atoms with van der Waals surface area (Å²) in [6.07, 6.45) is 2.25. The molecule has 1 aliphatic rings. The maximum absolute atomic E-state index is 12.1. The zero-order chi connectivity index (χ0) is 18.4. The molecule has 3 rings (SSSR count). The standard InChI is InChI=1S/C19H25FN4O2/c1-15-10-18(23-14-22-15)24-8-6-19(25,13-24)12-21-11-16-2-4-17(5-3-16)26-9-7-20/h2-5,10,14,21,25H,6-9,11-13H2,1H3/t19-/m0/s1. The van der Waals surface area contributed by atoms with Gasteiger partial charge in [-0.3, -0.25) is 0 Å². The molecule has 0 saturated carbocycles. The molecular formula is C19H25FN4O2. The number of aliphatic hydroxyl groups is 1. The molecule has 0 radical (unpaired) electrons. The number of nitrogens with zero attached hydrogens (tertiary/aromatic N) is 3. The minimum atomic E-state index is -0.775. The van der Waals surface area contributed by atoms with Crippen LogP contribution in [-0.4, -0.2) is 53.6 Å². The number of anilines is 1. The molecule has 2 aromatic rings. The highest BCUT2D eigenvalue weighted by molar-refractivity contribution is 5.41. The monoisotopic (exact) mass is 360 g/mol. The summed E-state index contributed by atoms with van der Waals surface area (Å²) < 4.78 is 17.3. The normalized spacial score (nSPS) is 19.7. The van der Waals surface area contributed by atoms with Crippen LogP contribution in [0.3, 0.4) is 0 Å². The molecule has 1 aromatic heterocycles. The number of β-amino-alcohol motifs (C(OH)–C–C–N with tert-alkyl or cyclic N) is 1. The zero-order valence-electron chi connectivity index (χ0n) is 15.0. The smallest absolute Gasteiger partial charge is 0.132 e. The fourth-order valence-corrected chi connectivity index (χ4v) is 3.11. The molecule has 1 aromatic carbocycles. The Balaban J connectivity index is 1.47. The van der Waals surface area contributed by atoms with E-state index in [9.17, 15) is 9.50 Å². The second-order valence-electron chi connectivity index (χ2n) is 6.70. The lowest BCUT2D eigenvalue weighted by Gasteiger charge is -2.24. The van der Waals surface area contributed by atoms with Crippen LogP contribution in [0.1, 0.15) is 17.7 Å². The molecule has 7 heteroatoms. The van der Waals surface area contributed by atoms with E-state index in [0.717, 1.165) is 23.6 Å². The van der Waals surface area contributed by atoms with Crippen molar-refractivity contribution in [1.29, 1.82) is 0 Å². The van der Waals surface area contributed by atoms with Gasteiger partial charge < -0.3 is 20.1 Å². The quantitative estimate of drug-likeness (QED) is 0.749. The van der Waals surface area contributed by atoms with Gasteiger partial charge in [-0.2, -0.15) is 0 Å². The molecule has 1 aliphatic heterocycles. The van der Waals surface area contributed by atoms with Crippen LogP contribution >= 0.6 is 0 Å². The summed E-state index contributed by atoms with van der Waals surface area (Å²) in [4.78, 5) is 10.5. The Morgan fingerprint density at radius 2 is 2.12 bits per heavy atom. The van der Waals surface area contributed by atoms with Crippen LogP contribution in [0.5, 0.6) is 5.75 Å². The molecule has 1 saturated heterocycles. The molecule has 6 nitrogen and oxygen atoms in total. The highest BCUT2D eigenvalue weighted by Gasteiger charge is 2.36. The van der Waals surface area contributed by atoms with Crippen molar-refractivity contribution in [1.82, 2.24) is 15.3 Å². The summed E-state index contributed by atoms with van der Waals surface area (Å²) in [6.45, 7) is 4.00. The maximum atomic E-state index is 12.1. The van der Waals surface area contributed by atoms with E-state index in [1.165, 1.54) is 0 Å². The first kappa shape index (κ1) is 18.5. The Morgan fingerprint density at radius 3 is 2.85 bits per heavy atom. The van der Waals surface area contributed by atoms with E-state index in [1.54, 1.807) is 6.33 Å². The summed E-state index contributed by atoms with van der Waals surface area (Å²) >= 11 is 0. The molecule has 140 valence electrons. The van der Waals surface area contributed by atoms with Crippen LogP contribution in [0.4, 0.5) is 10.2 Å². The molecule has 2 heterocycles. The van der Waals surface area contributed by atoms with Gasteiger partial charge in [0.15, 0.2) is 0 Å². The molecule has 0 aliphatic carbocycles. The lowest BCUT2D eigenvalue weighted by molar-refractivity contribution is 0.0626. The van der Waals surface area contributed by atoms with Gasteiger partial charge in [0.25, 0.3) is 0 Å². The topological polar surface area (TPSA) is 70.5 Å². The van der Waals surface area contributed by atoms with E-state index in [0.29, 0.717) is 31.8 Å². The molecular weight excluding hydrogens is 335 g/mol. The minimum absolute atomic E-state index is 0.0764. The fourth-order valence-electron chi connectivity index (χ4n) is 3.11. The maximum Gasteiger partial charge on any atom is 0.132 e. The highest BCUT2D eigenvalue weighted by Crippen LogP contribution is 2.25. The average molecular weight is 360 g/mol. The molecule has 2 N–H and O–H groups in total. The number of aryl methyl sites for hydroxylation is 1. The second kappa shape index (κ2) is 8.42. The third-order valence-corrected chi connectivity index (χ3v) is 4.50. The van der Waals surface area contributed by atoms with Gasteiger partial charge in [-0.15, -0.1) is 0 Å². The van der Waals surface area contributed by atoms with Crippen molar-refractivity contribution in [2.75, 3.05) is 37.8 Å². The number of benzene rings is 1. The van der Waals surface area contributed by atoms with Gasteiger partial charge in [0.05, 0.1) is 5.60 Å². The Labute approximate surface area is 153 Å². The number of hydrogen-bond donors (Lipinski definition) is 2. The molecule has 0 amide bonds. The molecule has 0 unspecified atom stereocenters. The summed E-state index contributed by atoms with van der Waals surface area (Å²) in [6, 6.07) is 9.47.